The van der Waals surface area contributed by atoms with E-state index in [1.807, 2.05) is 11.4 Å². The summed E-state index contributed by atoms with van der Waals surface area (Å²) in [6, 6.07) is 6.20. The van der Waals surface area contributed by atoms with E-state index in [0.29, 0.717) is 5.13 Å². The van der Waals surface area contributed by atoms with Crippen LogP contribution >= 0.6 is 27.3 Å². The third kappa shape index (κ3) is 2.71. The van der Waals surface area contributed by atoms with Crippen LogP contribution in [0.4, 0.5) is 5.13 Å². The normalized spacial score (nSPS) is 11.3. The minimum Gasteiger partial charge on any atom is -0.375 e. The van der Waals surface area contributed by atoms with Crippen molar-refractivity contribution in [1.82, 2.24) is 14.5 Å². The molecule has 0 spiro atoms. The van der Waals surface area contributed by atoms with E-state index >= 15 is 0 Å². The number of fused-ring (bicyclic) bond motifs is 1. The van der Waals surface area contributed by atoms with Gasteiger partial charge in [-0.25, -0.2) is 9.97 Å². The lowest BCUT2D eigenvalue weighted by atomic mass is 10.2. The molecule has 2 aromatic heterocycles. The molecule has 0 amide bonds. The molecule has 1 aromatic carbocycles. The lowest BCUT2D eigenvalue weighted by Gasteiger charge is -2.01. The second kappa shape index (κ2) is 5.54. The maximum absolute atomic E-state index is 5.64. The number of aromatic nitrogens is 3. The standard InChI is InChI=1S/C14H15BrN4S/c1-19-12-6-5-9(15)7-11(12)18-13(19)4-2-3-10-8-20-14(16)17-10/h5-8H,2-4H2,1H3,(H2,16,17). The summed E-state index contributed by atoms with van der Waals surface area (Å²) in [6.45, 7) is 0. The van der Waals surface area contributed by atoms with Gasteiger partial charge < -0.3 is 10.3 Å². The molecule has 0 unspecified atom stereocenters. The molecule has 3 aromatic rings. The first-order valence-corrected chi connectivity index (χ1v) is 8.11. The quantitative estimate of drug-likeness (QED) is 0.782. The van der Waals surface area contributed by atoms with Gasteiger partial charge in [0, 0.05) is 23.3 Å². The molecule has 2 heterocycles. The van der Waals surface area contributed by atoms with Crippen molar-refractivity contribution >= 4 is 43.4 Å². The Morgan fingerprint density at radius 3 is 2.90 bits per heavy atom. The summed E-state index contributed by atoms with van der Waals surface area (Å²) in [5.74, 6) is 1.11. The first kappa shape index (κ1) is 13.6. The molecule has 2 N–H and O–H groups in total. The van der Waals surface area contributed by atoms with E-state index < -0.39 is 0 Å². The van der Waals surface area contributed by atoms with Crippen molar-refractivity contribution in [3.8, 4) is 0 Å². The van der Waals surface area contributed by atoms with Crippen molar-refractivity contribution < 1.29 is 0 Å². The highest BCUT2D eigenvalue weighted by Crippen LogP contribution is 2.21. The zero-order valence-corrected chi connectivity index (χ0v) is 13.5. The molecule has 20 heavy (non-hydrogen) atoms. The number of rotatable bonds is 4. The molecule has 0 aliphatic rings. The van der Waals surface area contributed by atoms with Gasteiger partial charge >= 0.3 is 0 Å². The van der Waals surface area contributed by atoms with E-state index in [9.17, 15) is 0 Å². The minimum atomic E-state index is 0.646. The van der Waals surface area contributed by atoms with Crippen LogP contribution in [0.5, 0.6) is 0 Å². The van der Waals surface area contributed by atoms with Gasteiger partial charge in [-0.1, -0.05) is 15.9 Å². The van der Waals surface area contributed by atoms with E-state index in [1.165, 1.54) is 16.9 Å². The van der Waals surface area contributed by atoms with E-state index in [2.05, 4.69) is 44.7 Å². The molecule has 0 radical (unpaired) electrons. The number of halogens is 1. The molecule has 0 bridgehead atoms. The maximum Gasteiger partial charge on any atom is 0.180 e. The number of benzene rings is 1. The van der Waals surface area contributed by atoms with Crippen LogP contribution in [-0.4, -0.2) is 14.5 Å². The highest BCUT2D eigenvalue weighted by molar-refractivity contribution is 9.10. The number of thiazole rings is 1. The Balaban J connectivity index is 1.72. The van der Waals surface area contributed by atoms with Crippen LogP contribution in [-0.2, 0) is 19.9 Å². The Bertz CT molecular complexity index is 747. The fraction of sp³-hybridized carbons (Fsp3) is 0.286. The van der Waals surface area contributed by atoms with Crippen LogP contribution in [0, 0.1) is 0 Å². The number of imidazole rings is 1. The third-order valence-electron chi connectivity index (χ3n) is 3.34. The number of hydrogen-bond acceptors (Lipinski definition) is 4. The van der Waals surface area contributed by atoms with Crippen LogP contribution in [0.15, 0.2) is 28.1 Å². The summed E-state index contributed by atoms with van der Waals surface area (Å²) in [5.41, 5.74) is 8.92. The van der Waals surface area contributed by atoms with Crippen molar-refractivity contribution in [2.24, 2.45) is 7.05 Å². The summed E-state index contributed by atoms with van der Waals surface area (Å²) in [6.07, 6.45) is 2.92. The highest BCUT2D eigenvalue weighted by atomic mass is 79.9. The molecule has 4 nitrogen and oxygen atoms in total. The van der Waals surface area contributed by atoms with Gasteiger partial charge in [-0.05, 0) is 31.0 Å². The summed E-state index contributed by atoms with van der Waals surface area (Å²) in [5, 5.41) is 2.68. The number of nitrogens with zero attached hydrogens (tertiary/aromatic N) is 3. The zero-order chi connectivity index (χ0) is 14.1. The zero-order valence-electron chi connectivity index (χ0n) is 11.1. The monoisotopic (exact) mass is 350 g/mol. The predicted octanol–water partition coefficient (Wildman–Crippen LogP) is 3.55. The van der Waals surface area contributed by atoms with Gasteiger partial charge in [0.15, 0.2) is 5.13 Å². The molecular formula is C14H15BrN4S. The van der Waals surface area contributed by atoms with Crippen LogP contribution < -0.4 is 5.73 Å². The van der Waals surface area contributed by atoms with Crippen molar-refractivity contribution in [3.05, 3.63) is 39.6 Å². The van der Waals surface area contributed by atoms with Gasteiger partial charge in [-0.2, -0.15) is 0 Å². The molecule has 104 valence electrons. The molecule has 0 aliphatic carbocycles. The molecular weight excluding hydrogens is 336 g/mol. The summed E-state index contributed by atoms with van der Waals surface area (Å²) in [7, 11) is 2.07. The first-order chi connectivity index (χ1) is 9.63. The van der Waals surface area contributed by atoms with Crippen molar-refractivity contribution in [1.29, 1.82) is 0 Å². The molecule has 0 aliphatic heterocycles. The van der Waals surface area contributed by atoms with Gasteiger partial charge in [0.05, 0.1) is 16.7 Å². The van der Waals surface area contributed by atoms with Gasteiger partial charge in [-0.15, -0.1) is 11.3 Å². The van der Waals surface area contributed by atoms with E-state index in [4.69, 9.17) is 10.7 Å². The predicted molar refractivity (Wildman–Crippen MR) is 87.0 cm³/mol. The van der Waals surface area contributed by atoms with E-state index in [0.717, 1.165) is 40.8 Å². The van der Waals surface area contributed by atoms with Gasteiger partial charge in [0.1, 0.15) is 5.82 Å². The molecule has 3 rings (SSSR count). The summed E-state index contributed by atoms with van der Waals surface area (Å²) < 4.78 is 3.23. The third-order valence-corrected chi connectivity index (χ3v) is 4.55. The minimum absolute atomic E-state index is 0.646. The van der Waals surface area contributed by atoms with E-state index in [1.54, 1.807) is 0 Å². The maximum atomic E-state index is 5.64. The number of aryl methyl sites for hydroxylation is 3. The highest BCUT2D eigenvalue weighted by Gasteiger charge is 2.08. The van der Waals surface area contributed by atoms with Crippen LogP contribution in [0.2, 0.25) is 0 Å². The van der Waals surface area contributed by atoms with Crippen LogP contribution in [0.1, 0.15) is 17.9 Å². The van der Waals surface area contributed by atoms with Crippen molar-refractivity contribution in [3.63, 3.8) is 0 Å². The molecule has 6 heteroatoms. The van der Waals surface area contributed by atoms with Gasteiger partial charge in [-0.3, -0.25) is 0 Å². The average Bonchev–Trinajstić information content (AvgIpc) is 2.95. The fourth-order valence-corrected chi connectivity index (χ4v) is 3.26. The fourth-order valence-electron chi connectivity index (χ4n) is 2.31. The number of nitrogen functional groups attached to an aromatic ring is 1. The Hall–Kier alpha value is -1.40. The van der Waals surface area contributed by atoms with Gasteiger partial charge in [0.2, 0.25) is 0 Å². The molecule has 0 atom stereocenters. The first-order valence-electron chi connectivity index (χ1n) is 6.44. The Morgan fingerprint density at radius 2 is 2.15 bits per heavy atom. The largest absolute Gasteiger partial charge is 0.375 e. The number of hydrogen-bond donors (Lipinski definition) is 1. The molecule has 0 saturated carbocycles. The second-order valence-corrected chi connectivity index (χ2v) is 6.56. The number of anilines is 1. The number of nitrogens with two attached hydrogens (primary N) is 1. The average molecular weight is 351 g/mol. The molecule has 0 fully saturated rings. The SMILES string of the molecule is Cn1c(CCCc2csc(N)n2)nc2cc(Br)ccc21. The van der Waals surface area contributed by atoms with Crippen molar-refractivity contribution in [2.45, 2.75) is 19.3 Å². The lowest BCUT2D eigenvalue weighted by Crippen LogP contribution is -1.99. The summed E-state index contributed by atoms with van der Waals surface area (Å²) in [4.78, 5) is 8.98. The van der Waals surface area contributed by atoms with Crippen LogP contribution in [0.25, 0.3) is 11.0 Å². The van der Waals surface area contributed by atoms with Gasteiger partial charge in [0.25, 0.3) is 0 Å². The lowest BCUT2D eigenvalue weighted by molar-refractivity contribution is 0.727. The van der Waals surface area contributed by atoms with Crippen LogP contribution in [0.3, 0.4) is 0 Å². The second-order valence-electron chi connectivity index (χ2n) is 4.75. The smallest absolute Gasteiger partial charge is 0.180 e. The van der Waals surface area contributed by atoms with Crippen molar-refractivity contribution in [2.75, 3.05) is 5.73 Å². The Kier molecular flexibility index (Phi) is 3.76. The Morgan fingerprint density at radius 1 is 1.30 bits per heavy atom. The Labute approximate surface area is 129 Å². The van der Waals surface area contributed by atoms with E-state index in [-0.39, 0.29) is 0 Å². The molecule has 0 saturated heterocycles. The summed E-state index contributed by atoms with van der Waals surface area (Å²) >= 11 is 4.98. The topological polar surface area (TPSA) is 56.7 Å².